The molecule has 0 amide bonds. The van der Waals surface area contributed by atoms with E-state index >= 15 is 0 Å². The van der Waals surface area contributed by atoms with Crippen LogP contribution in [0.2, 0.25) is 0 Å². The summed E-state index contributed by atoms with van der Waals surface area (Å²) in [5, 5.41) is 8.89. The summed E-state index contributed by atoms with van der Waals surface area (Å²) in [6.07, 6.45) is 6.95. The highest BCUT2D eigenvalue weighted by molar-refractivity contribution is 5.87. The van der Waals surface area contributed by atoms with Gasteiger partial charge in [-0.2, -0.15) is 0 Å². The van der Waals surface area contributed by atoms with Crippen LogP contribution in [0.1, 0.15) is 42.5 Å². The van der Waals surface area contributed by atoms with Gasteiger partial charge in [-0.1, -0.05) is 0 Å². The van der Waals surface area contributed by atoms with Crippen molar-refractivity contribution in [3.05, 3.63) is 29.8 Å². The lowest BCUT2D eigenvalue weighted by atomic mass is 9.70. The maximum Gasteiger partial charge on any atom is 0.335 e. The minimum absolute atomic E-state index is 0.315. The van der Waals surface area contributed by atoms with Crippen molar-refractivity contribution >= 4 is 5.97 Å². The van der Waals surface area contributed by atoms with Gasteiger partial charge in [-0.15, -0.1) is 0 Å². The highest BCUT2D eigenvalue weighted by Gasteiger charge is 2.56. The Morgan fingerprint density at radius 2 is 1.80 bits per heavy atom. The Kier molecular flexibility index (Phi) is 2.60. The van der Waals surface area contributed by atoms with E-state index in [1.165, 1.54) is 32.1 Å². The molecule has 4 fully saturated rings. The Bertz CT molecular complexity index is 514. The Morgan fingerprint density at radius 1 is 1.15 bits per heavy atom. The number of benzene rings is 1. The van der Waals surface area contributed by atoms with Crippen LogP contribution in [-0.2, 0) is 0 Å². The summed E-state index contributed by atoms with van der Waals surface area (Å²) >= 11 is 0. The zero-order valence-electron chi connectivity index (χ0n) is 11.5. The second kappa shape index (κ2) is 4.24. The summed E-state index contributed by atoms with van der Waals surface area (Å²) in [4.78, 5) is 10.8. The first-order valence-corrected chi connectivity index (χ1v) is 7.60. The lowest BCUT2D eigenvalue weighted by molar-refractivity contribution is 0.0694. The van der Waals surface area contributed by atoms with E-state index in [4.69, 9.17) is 9.84 Å². The van der Waals surface area contributed by atoms with Crippen LogP contribution in [-0.4, -0.2) is 17.7 Å². The third-order valence-electron chi connectivity index (χ3n) is 5.70. The Labute approximate surface area is 118 Å². The lowest BCUT2D eigenvalue weighted by Gasteiger charge is -2.38. The molecule has 5 rings (SSSR count). The third kappa shape index (κ3) is 1.91. The zero-order chi connectivity index (χ0) is 13.7. The van der Waals surface area contributed by atoms with Gasteiger partial charge in [0.05, 0.1) is 12.2 Å². The second-order valence-electron chi connectivity index (χ2n) is 7.09. The molecule has 4 aliphatic carbocycles. The number of carbonyl (C=O) groups is 1. The Morgan fingerprint density at radius 3 is 2.35 bits per heavy atom. The molecule has 4 saturated carbocycles. The maximum absolute atomic E-state index is 10.8. The molecule has 2 atom stereocenters. The maximum atomic E-state index is 10.8. The van der Waals surface area contributed by atoms with E-state index < -0.39 is 5.97 Å². The summed E-state index contributed by atoms with van der Waals surface area (Å²) in [7, 11) is 0. The van der Waals surface area contributed by atoms with Gasteiger partial charge in [0.1, 0.15) is 5.75 Å². The van der Waals surface area contributed by atoms with Crippen LogP contribution in [0, 0.1) is 23.2 Å². The molecule has 2 unspecified atom stereocenters. The quantitative estimate of drug-likeness (QED) is 0.911. The van der Waals surface area contributed by atoms with Crippen molar-refractivity contribution < 1.29 is 14.6 Å². The molecule has 0 aliphatic heterocycles. The first-order valence-electron chi connectivity index (χ1n) is 7.60. The second-order valence-corrected chi connectivity index (χ2v) is 7.09. The number of rotatable bonds is 4. The van der Waals surface area contributed by atoms with Crippen molar-refractivity contribution in [1.82, 2.24) is 0 Å². The SMILES string of the molecule is O=C(O)c1ccc(OCC23CC4CC(C2)C(C4)C3)cc1. The molecule has 0 spiro atoms. The smallest absolute Gasteiger partial charge is 0.335 e. The molecule has 3 heteroatoms. The number of hydrogen-bond acceptors (Lipinski definition) is 2. The van der Waals surface area contributed by atoms with Gasteiger partial charge in [-0.3, -0.25) is 0 Å². The zero-order valence-corrected chi connectivity index (χ0v) is 11.5. The largest absolute Gasteiger partial charge is 0.493 e. The molecule has 106 valence electrons. The van der Waals surface area contributed by atoms with Gasteiger partial charge in [0.25, 0.3) is 0 Å². The van der Waals surface area contributed by atoms with Crippen LogP contribution >= 0.6 is 0 Å². The van der Waals surface area contributed by atoms with Gasteiger partial charge in [0, 0.05) is 5.41 Å². The molecule has 0 heterocycles. The van der Waals surface area contributed by atoms with Crippen molar-refractivity contribution in [3.8, 4) is 5.75 Å². The number of ether oxygens (including phenoxy) is 1. The number of carboxylic acid groups (broad SMARTS) is 1. The highest BCUT2D eigenvalue weighted by Crippen LogP contribution is 2.64. The van der Waals surface area contributed by atoms with E-state index in [9.17, 15) is 4.79 Å². The summed E-state index contributed by atoms with van der Waals surface area (Å²) < 4.78 is 5.98. The van der Waals surface area contributed by atoms with Gasteiger partial charge in [-0.25, -0.2) is 4.79 Å². The fourth-order valence-corrected chi connectivity index (χ4v) is 5.09. The van der Waals surface area contributed by atoms with Crippen molar-refractivity contribution in [1.29, 1.82) is 0 Å². The molecular formula is C17H20O3. The monoisotopic (exact) mass is 272 g/mol. The molecule has 0 radical (unpaired) electrons. The molecule has 1 aromatic carbocycles. The van der Waals surface area contributed by atoms with Gasteiger partial charge in [0.2, 0.25) is 0 Å². The van der Waals surface area contributed by atoms with Gasteiger partial charge in [0.15, 0.2) is 0 Å². The van der Waals surface area contributed by atoms with Crippen LogP contribution in [0.15, 0.2) is 24.3 Å². The lowest BCUT2D eigenvalue weighted by Crippen LogP contribution is -2.33. The van der Waals surface area contributed by atoms with E-state index in [-0.39, 0.29) is 0 Å². The van der Waals surface area contributed by atoms with Crippen molar-refractivity contribution in [3.63, 3.8) is 0 Å². The van der Waals surface area contributed by atoms with E-state index in [0.717, 1.165) is 30.1 Å². The molecule has 1 N–H and O–H groups in total. The number of carboxylic acids is 1. The predicted molar refractivity (Wildman–Crippen MR) is 74.9 cm³/mol. The van der Waals surface area contributed by atoms with E-state index in [0.29, 0.717) is 11.0 Å². The van der Waals surface area contributed by atoms with Crippen LogP contribution in [0.5, 0.6) is 5.75 Å². The summed E-state index contributed by atoms with van der Waals surface area (Å²) in [5.41, 5.74) is 0.734. The van der Waals surface area contributed by atoms with E-state index in [1.807, 2.05) is 0 Å². The number of aromatic carboxylic acids is 1. The molecule has 0 aromatic heterocycles. The molecule has 4 aliphatic rings. The Hall–Kier alpha value is -1.51. The predicted octanol–water partition coefficient (Wildman–Crippen LogP) is 3.59. The molecule has 1 aromatic rings. The van der Waals surface area contributed by atoms with Crippen molar-refractivity contribution in [2.75, 3.05) is 6.61 Å². The first kappa shape index (κ1) is 12.2. The molecule has 3 nitrogen and oxygen atoms in total. The Balaban J connectivity index is 1.42. The molecular weight excluding hydrogens is 252 g/mol. The minimum atomic E-state index is -0.888. The standard InChI is InChI=1S/C17H20O3/c18-16(19)12-1-3-15(4-2-12)20-10-17-7-11-5-13(8-17)14(6-11)9-17/h1-4,11,13-14H,5-10H2,(H,18,19). The van der Waals surface area contributed by atoms with E-state index in [1.54, 1.807) is 24.3 Å². The fraction of sp³-hybridized carbons (Fsp3) is 0.588. The van der Waals surface area contributed by atoms with Gasteiger partial charge in [-0.05, 0) is 74.1 Å². The van der Waals surface area contributed by atoms with Crippen LogP contribution < -0.4 is 4.74 Å². The molecule has 20 heavy (non-hydrogen) atoms. The van der Waals surface area contributed by atoms with E-state index in [2.05, 4.69) is 0 Å². The number of hydrogen-bond donors (Lipinski definition) is 1. The molecule has 0 saturated heterocycles. The van der Waals surface area contributed by atoms with Gasteiger partial charge < -0.3 is 9.84 Å². The highest BCUT2D eigenvalue weighted by atomic mass is 16.5. The summed E-state index contributed by atoms with van der Waals surface area (Å²) in [6.45, 7) is 0.808. The minimum Gasteiger partial charge on any atom is -0.493 e. The third-order valence-corrected chi connectivity index (χ3v) is 5.70. The molecule has 4 bridgehead atoms. The summed E-state index contributed by atoms with van der Waals surface area (Å²) in [6, 6.07) is 6.78. The van der Waals surface area contributed by atoms with Crippen LogP contribution in [0.3, 0.4) is 0 Å². The first-order chi connectivity index (χ1) is 9.63. The van der Waals surface area contributed by atoms with Crippen LogP contribution in [0.4, 0.5) is 0 Å². The van der Waals surface area contributed by atoms with Crippen LogP contribution in [0.25, 0.3) is 0 Å². The summed E-state index contributed by atoms with van der Waals surface area (Å²) in [5.74, 6) is 2.79. The average molecular weight is 272 g/mol. The van der Waals surface area contributed by atoms with Gasteiger partial charge >= 0.3 is 5.97 Å². The fourth-order valence-electron chi connectivity index (χ4n) is 5.09. The van der Waals surface area contributed by atoms with Crippen molar-refractivity contribution in [2.45, 2.75) is 32.1 Å². The topological polar surface area (TPSA) is 46.5 Å². The normalized spacial score (nSPS) is 37.3. The van der Waals surface area contributed by atoms with Crippen molar-refractivity contribution in [2.24, 2.45) is 23.2 Å². The average Bonchev–Trinajstić information content (AvgIpc) is 2.85.